The molecule has 2 aromatic carbocycles. The number of esters is 1. The van der Waals surface area contributed by atoms with Crippen molar-refractivity contribution < 1.29 is 13.9 Å². The monoisotopic (exact) mass is 288 g/mol. The maximum absolute atomic E-state index is 13.3. The fraction of sp³-hybridized carbons (Fsp3) is 0.188. The third-order valence-electron chi connectivity index (χ3n) is 3.15. The van der Waals surface area contributed by atoms with Crippen LogP contribution in [0, 0.1) is 5.82 Å². The molecule has 3 rings (SSSR count). The van der Waals surface area contributed by atoms with Crippen LogP contribution in [0.25, 0.3) is 20.2 Å². The minimum atomic E-state index is -0.229. The quantitative estimate of drug-likeness (QED) is 0.672. The first-order valence-electron chi connectivity index (χ1n) is 6.43. The summed E-state index contributed by atoms with van der Waals surface area (Å²) in [6, 6.07) is 10.6. The van der Waals surface area contributed by atoms with Gasteiger partial charge in [-0.2, -0.15) is 0 Å². The van der Waals surface area contributed by atoms with Crippen LogP contribution in [0.15, 0.2) is 36.4 Å². The lowest BCUT2D eigenvalue weighted by molar-refractivity contribution is -0.142. The van der Waals surface area contributed by atoms with Gasteiger partial charge in [0, 0.05) is 20.2 Å². The standard InChI is InChI=1S/C16H13FO2S/c1-2-19-16(18)8-10-3-5-12-13-9-11(17)4-6-14(13)20-15(12)7-10/h3-7,9H,2,8H2,1H3. The number of benzene rings is 2. The van der Waals surface area contributed by atoms with Crippen LogP contribution in [0.5, 0.6) is 0 Å². The Bertz CT molecular complexity index is 792. The zero-order valence-corrected chi connectivity index (χ0v) is 11.8. The van der Waals surface area contributed by atoms with Gasteiger partial charge in [-0.1, -0.05) is 12.1 Å². The SMILES string of the molecule is CCOC(=O)Cc1ccc2c(c1)sc1ccc(F)cc12. The van der Waals surface area contributed by atoms with Crippen molar-refractivity contribution in [3.8, 4) is 0 Å². The van der Waals surface area contributed by atoms with Gasteiger partial charge in [-0.15, -0.1) is 11.3 Å². The van der Waals surface area contributed by atoms with Gasteiger partial charge in [0.15, 0.2) is 0 Å². The number of rotatable bonds is 3. The highest BCUT2D eigenvalue weighted by atomic mass is 32.1. The Morgan fingerprint density at radius 3 is 2.80 bits per heavy atom. The van der Waals surface area contributed by atoms with Crippen molar-refractivity contribution in [2.24, 2.45) is 0 Å². The van der Waals surface area contributed by atoms with Gasteiger partial charge in [-0.05, 0) is 36.8 Å². The van der Waals surface area contributed by atoms with E-state index in [0.29, 0.717) is 6.61 Å². The molecule has 1 heterocycles. The van der Waals surface area contributed by atoms with Crippen molar-refractivity contribution in [3.05, 3.63) is 47.8 Å². The molecule has 20 heavy (non-hydrogen) atoms. The largest absolute Gasteiger partial charge is 0.466 e. The molecular formula is C16H13FO2S. The van der Waals surface area contributed by atoms with Crippen LogP contribution in [-0.2, 0) is 16.0 Å². The van der Waals surface area contributed by atoms with Gasteiger partial charge in [0.05, 0.1) is 13.0 Å². The van der Waals surface area contributed by atoms with Crippen molar-refractivity contribution in [2.75, 3.05) is 6.61 Å². The lowest BCUT2D eigenvalue weighted by Gasteiger charge is -2.02. The fourth-order valence-electron chi connectivity index (χ4n) is 2.28. The average Bonchev–Trinajstić information content (AvgIpc) is 2.76. The molecule has 4 heteroatoms. The number of fused-ring (bicyclic) bond motifs is 3. The summed E-state index contributed by atoms with van der Waals surface area (Å²) in [4.78, 5) is 11.5. The number of thiophene rings is 1. The normalized spacial score (nSPS) is 11.1. The van der Waals surface area contributed by atoms with E-state index in [-0.39, 0.29) is 18.2 Å². The molecule has 0 saturated carbocycles. The second-order valence-electron chi connectivity index (χ2n) is 4.55. The molecule has 0 saturated heterocycles. The molecule has 0 amide bonds. The molecule has 3 aromatic rings. The predicted octanol–water partition coefficient (Wildman–Crippen LogP) is 4.30. The number of hydrogen-bond donors (Lipinski definition) is 0. The summed E-state index contributed by atoms with van der Waals surface area (Å²) in [5.41, 5.74) is 0.919. The van der Waals surface area contributed by atoms with Crippen molar-refractivity contribution in [1.82, 2.24) is 0 Å². The predicted molar refractivity (Wildman–Crippen MR) is 79.6 cm³/mol. The third kappa shape index (κ3) is 2.39. The van der Waals surface area contributed by atoms with E-state index in [1.807, 2.05) is 18.2 Å². The summed E-state index contributed by atoms with van der Waals surface area (Å²) >= 11 is 1.61. The lowest BCUT2D eigenvalue weighted by atomic mass is 10.1. The van der Waals surface area contributed by atoms with Crippen molar-refractivity contribution in [3.63, 3.8) is 0 Å². The van der Waals surface area contributed by atoms with Crippen LogP contribution in [0.2, 0.25) is 0 Å². The Kier molecular flexibility index (Phi) is 3.40. The molecule has 0 aliphatic carbocycles. The van der Waals surface area contributed by atoms with Gasteiger partial charge in [0.2, 0.25) is 0 Å². The van der Waals surface area contributed by atoms with Gasteiger partial charge in [-0.3, -0.25) is 4.79 Å². The highest BCUT2D eigenvalue weighted by Crippen LogP contribution is 2.34. The molecule has 0 unspecified atom stereocenters. The number of carbonyl (C=O) groups is 1. The molecule has 0 fully saturated rings. The molecule has 0 aliphatic heterocycles. The minimum absolute atomic E-state index is 0.223. The van der Waals surface area contributed by atoms with E-state index in [1.54, 1.807) is 30.4 Å². The van der Waals surface area contributed by atoms with E-state index in [0.717, 1.165) is 25.7 Å². The molecule has 0 aliphatic rings. The van der Waals surface area contributed by atoms with Crippen LogP contribution in [0.4, 0.5) is 4.39 Å². The molecule has 0 atom stereocenters. The summed E-state index contributed by atoms with van der Waals surface area (Å²) in [6.45, 7) is 2.19. The molecule has 0 bridgehead atoms. The maximum atomic E-state index is 13.3. The first-order chi connectivity index (χ1) is 9.67. The number of halogens is 1. The van der Waals surface area contributed by atoms with E-state index in [2.05, 4.69) is 0 Å². The van der Waals surface area contributed by atoms with E-state index in [1.165, 1.54) is 6.07 Å². The molecular weight excluding hydrogens is 275 g/mol. The van der Waals surface area contributed by atoms with Crippen molar-refractivity contribution in [2.45, 2.75) is 13.3 Å². The van der Waals surface area contributed by atoms with E-state index < -0.39 is 0 Å². The third-order valence-corrected chi connectivity index (χ3v) is 4.29. The van der Waals surface area contributed by atoms with E-state index in [9.17, 15) is 9.18 Å². The summed E-state index contributed by atoms with van der Waals surface area (Å²) in [5.74, 6) is -0.452. The molecule has 1 aromatic heterocycles. The van der Waals surface area contributed by atoms with E-state index in [4.69, 9.17) is 4.74 Å². The van der Waals surface area contributed by atoms with Gasteiger partial charge in [-0.25, -0.2) is 4.39 Å². The summed E-state index contributed by atoms with van der Waals surface area (Å²) in [6.07, 6.45) is 0.270. The van der Waals surface area contributed by atoms with Gasteiger partial charge in [0.1, 0.15) is 5.82 Å². The Morgan fingerprint density at radius 2 is 2.00 bits per heavy atom. The highest BCUT2D eigenvalue weighted by molar-refractivity contribution is 7.25. The number of ether oxygens (including phenoxy) is 1. The summed E-state index contributed by atoms with van der Waals surface area (Å²) in [7, 11) is 0. The zero-order valence-electron chi connectivity index (χ0n) is 11.0. The van der Waals surface area contributed by atoms with Gasteiger partial charge < -0.3 is 4.74 Å². The number of hydrogen-bond acceptors (Lipinski definition) is 3. The van der Waals surface area contributed by atoms with Crippen molar-refractivity contribution >= 4 is 37.5 Å². The maximum Gasteiger partial charge on any atom is 0.310 e. The summed E-state index contributed by atoms with van der Waals surface area (Å²) < 4.78 is 20.4. The van der Waals surface area contributed by atoms with Gasteiger partial charge in [0.25, 0.3) is 0 Å². The zero-order chi connectivity index (χ0) is 14.1. The molecule has 102 valence electrons. The molecule has 2 nitrogen and oxygen atoms in total. The first kappa shape index (κ1) is 13.1. The topological polar surface area (TPSA) is 26.3 Å². The second-order valence-corrected chi connectivity index (χ2v) is 5.64. The Morgan fingerprint density at radius 1 is 1.15 bits per heavy atom. The second kappa shape index (κ2) is 5.21. The van der Waals surface area contributed by atoms with Crippen LogP contribution >= 0.6 is 11.3 Å². The smallest absolute Gasteiger partial charge is 0.310 e. The van der Waals surface area contributed by atoms with Crippen LogP contribution < -0.4 is 0 Å². The van der Waals surface area contributed by atoms with Gasteiger partial charge >= 0.3 is 5.97 Å². The Balaban J connectivity index is 2.03. The fourth-order valence-corrected chi connectivity index (χ4v) is 3.43. The minimum Gasteiger partial charge on any atom is -0.466 e. The number of carbonyl (C=O) groups excluding carboxylic acids is 1. The molecule has 0 spiro atoms. The summed E-state index contributed by atoms with van der Waals surface area (Å²) in [5, 5.41) is 1.95. The Labute approximate surface area is 119 Å². The first-order valence-corrected chi connectivity index (χ1v) is 7.25. The Hall–Kier alpha value is -1.94. The van der Waals surface area contributed by atoms with Crippen LogP contribution in [0.3, 0.4) is 0 Å². The average molecular weight is 288 g/mol. The molecule has 0 N–H and O–H groups in total. The molecule has 0 radical (unpaired) electrons. The highest BCUT2D eigenvalue weighted by Gasteiger charge is 2.09. The van der Waals surface area contributed by atoms with Crippen LogP contribution in [-0.4, -0.2) is 12.6 Å². The van der Waals surface area contributed by atoms with E-state index >= 15 is 0 Å². The van der Waals surface area contributed by atoms with Crippen LogP contribution in [0.1, 0.15) is 12.5 Å². The lowest BCUT2D eigenvalue weighted by Crippen LogP contribution is -2.07. The van der Waals surface area contributed by atoms with Crippen molar-refractivity contribution in [1.29, 1.82) is 0 Å².